The number of para-hydroxylation sites is 10. The zero-order valence-electron chi connectivity index (χ0n) is 75.2. The standard InChI is InChI=1S/C31H25N5.2C22H21N.C21H21N.C20H19N3.5CH4/c1-31(2,3)28-32-29(35-24-16-8-4-12-20(24)21-13-5-9-17-25(21)35)34-30(33-28)36-26-18-10-6-14-22(26)23-15-7-11-19-27(23)36;1-22(2,3)16-13-14-21-19(15-16)18-11-7-8-12-20(18)23(21)17-9-5-4-6-10-17;1-22(2,3)16-13-14-19-18-11-7-8-12-20(18)23(21(19)15-16)17-9-5-4-6-10-17;1-21(2,3)18-14-19(16-10-6-4-7-11-16)22-20(15-18)17-12-8-5-9-13-17;1-20(2,3)14-12-21-19(22-13-14)23-17-10-6-4-8-15(17)16-9-5-7-11-18(16)23;;;;;/h4-19H,1-3H3;2*4-15H,1-3H3;4-15H,1-3H3;4-13H,1-3H3;5*1H4. The molecule has 11 heteroatoms. The Morgan fingerprint density at radius 1 is 0.182 bits per heavy atom. The Morgan fingerprint density at radius 2 is 0.439 bits per heavy atom. The van der Waals surface area contributed by atoms with Crippen molar-refractivity contribution in [3.63, 3.8) is 0 Å². The third-order valence-corrected chi connectivity index (χ3v) is 24.1. The van der Waals surface area contributed by atoms with Crippen LogP contribution in [0.5, 0.6) is 0 Å². The largest absolute Gasteiger partial charge is 0.309 e. The second kappa shape index (κ2) is 38.5. The first-order chi connectivity index (χ1) is 61.2. The minimum Gasteiger partial charge on any atom is -0.309 e. The fraction of sp³-hybridized carbons (Fsp3) is 0.207. The summed E-state index contributed by atoms with van der Waals surface area (Å²) in [7, 11) is 0. The molecule has 0 spiro atoms. The summed E-state index contributed by atoms with van der Waals surface area (Å²) in [6.45, 7) is 33.3. The molecule has 0 fully saturated rings. The molecule has 0 bridgehead atoms. The summed E-state index contributed by atoms with van der Waals surface area (Å²) in [6, 6.07) is 128. The molecule has 11 nitrogen and oxygen atoms in total. The van der Waals surface area contributed by atoms with E-state index in [1.54, 1.807) is 0 Å². The molecule has 14 aromatic carbocycles. The van der Waals surface area contributed by atoms with Crippen molar-refractivity contribution in [1.82, 2.24) is 52.7 Å². The zero-order chi connectivity index (χ0) is 88.1. The molecule has 8 aromatic heterocycles. The van der Waals surface area contributed by atoms with Crippen molar-refractivity contribution in [2.24, 2.45) is 0 Å². The van der Waals surface area contributed by atoms with Gasteiger partial charge in [0.25, 0.3) is 0 Å². The van der Waals surface area contributed by atoms with Gasteiger partial charge in [-0.15, -0.1) is 0 Å². The van der Waals surface area contributed by atoms with Gasteiger partial charge in [-0.05, 0) is 147 Å². The molecule has 0 saturated carbocycles. The van der Waals surface area contributed by atoms with Crippen LogP contribution >= 0.6 is 0 Å². The third-order valence-electron chi connectivity index (χ3n) is 24.1. The average Bonchev–Trinajstić information content (AvgIpc) is 1.58. The quantitative estimate of drug-likeness (QED) is 0.158. The van der Waals surface area contributed by atoms with Gasteiger partial charge in [-0.3, -0.25) is 13.7 Å². The molecular formula is C121H127N11. The van der Waals surface area contributed by atoms with Crippen LogP contribution in [-0.2, 0) is 27.1 Å². The second-order valence-electron chi connectivity index (χ2n) is 38.1. The van der Waals surface area contributed by atoms with E-state index < -0.39 is 0 Å². The monoisotopic (exact) mass is 1730 g/mol. The fourth-order valence-electron chi connectivity index (χ4n) is 17.2. The lowest BCUT2D eigenvalue weighted by atomic mass is 9.85. The Bertz CT molecular complexity index is 7390. The van der Waals surface area contributed by atoms with Crippen LogP contribution < -0.4 is 0 Å². The highest BCUT2D eigenvalue weighted by Crippen LogP contribution is 2.41. The summed E-state index contributed by atoms with van der Waals surface area (Å²) < 4.78 is 11.2. The van der Waals surface area contributed by atoms with Gasteiger partial charge in [0.05, 0.1) is 66.6 Å². The van der Waals surface area contributed by atoms with Gasteiger partial charge < -0.3 is 9.13 Å². The molecular weight excluding hydrogens is 1610 g/mol. The summed E-state index contributed by atoms with van der Waals surface area (Å²) in [5.41, 5.74) is 23.9. The van der Waals surface area contributed by atoms with Crippen LogP contribution in [0.2, 0.25) is 0 Å². The van der Waals surface area contributed by atoms with Gasteiger partial charge in [0.15, 0.2) is 0 Å². The Morgan fingerprint density at radius 3 is 0.765 bits per heavy atom. The summed E-state index contributed by atoms with van der Waals surface area (Å²) in [5.74, 6) is 2.73. The lowest BCUT2D eigenvalue weighted by molar-refractivity contribution is 0.537. The molecule has 0 atom stereocenters. The van der Waals surface area contributed by atoms with Crippen molar-refractivity contribution in [1.29, 1.82) is 0 Å². The zero-order valence-corrected chi connectivity index (χ0v) is 75.2. The number of hydrogen-bond acceptors (Lipinski definition) is 6. The number of hydrogen-bond donors (Lipinski definition) is 0. The number of benzene rings is 14. The molecule has 132 heavy (non-hydrogen) atoms. The van der Waals surface area contributed by atoms with E-state index in [4.69, 9.17) is 19.9 Å². The molecule has 0 radical (unpaired) electrons. The molecule has 0 unspecified atom stereocenters. The van der Waals surface area contributed by atoms with E-state index in [1.165, 1.54) is 104 Å². The molecule has 0 N–H and O–H groups in total. The van der Waals surface area contributed by atoms with Gasteiger partial charge >= 0.3 is 0 Å². The number of rotatable bonds is 7. The van der Waals surface area contributed by atoms with E-state index in [0.29, 0.717) is 11.9 Å². The predicted molar refractivity (Wildman–Crippen MR) is 569 cm³/mol. The van der Waals surface area contributed by atoms with Crippen LogP contribution in [0.1, 0.15) is 169 Å². The molecule has 0 saturated heterocycles. The summed E-state index contributed by atoms with van der Waals surface area (Å²) >= 11 is 0. The van der Waals surface area contributed by atoms with E-state index in [9.17, 15) is 0 Å². The van der Waals surface area contributed by atoms with Crippen molar-refractivity contribution in [3.05, 3.63) is 404 Å². The number of pyridine rings is 1. The van der Waals surface area contributed by atoms with Crippen LogP contribution in [0.15, 0.2) is 376 Å². The molecule has 8 heterocycles. The predicted octanol–water partition coefficient (Wildman–Crippen LogP) is 33.3. The second-order valence-corrected chi connectivity index (χ2v) is 38.1. The first kappa shape index (κ1) is 94.9. The highest BCUT2D eigenvalue weighted by molar-refractivity contribution is 6.13. The van der Waals surface area contributed by atoms with E-state index in [0.717, 1.165) is 73.0 Å². The average molecular weight is 1740 g/mol. The Hall–Kier alpha value is -14.7. The van der Waals surface area contributed by atoms with Crippen LogP contribution in [0.4, 0.5) is 0 Å². The lowest BCUT2D eigenvalue weighted by Crippen LogP contribution is -2.20. The number of fused-ring (bicyclic) bond motifs is 15. The van der Waals surface area contributed by atoms with Crippen molar-refractivity contribution >= 4 is 109 Å². The van der Waals surface area contributed by atoms with Gasteiger partial charge in [0, 0.05) is 94.2 Å². The molecule has 0 aliphatic rings. The third kappa shape index (κ3) is 18.8. The van der Waals surface area contributed by atoms with E-state index in [2.05, 4.69) is 489 Å². The van der Waals surface area contributed by atoms with E-state index >= 15 is 0 Å². The molecule has 0 aliphatic heterocycles. The number of aromatic nitrogens is 11. The lowest BCUT2D eigenvalue weighted by Gasteiger charge is -2.21. The summed E-state index contributed by atoms with van der Waals surface area (Å²) in [5, 5.41) is 12.5. The number of nitrogens with zero attached hydrogens (tertiary/aromatic N) is 11. The van der Waals surface area contributed by atoms with Crippen LogP contribution in [0, 0.1) is 0 Å². The first-order valence-corrected chi connectivity index (χ1v) is 44.1. The Kier molecular flexibility index (Phi) is 27.7. The van der Waals surface area contributed by atoms with Crippen molar-refractivity contribution in [2.75, 3.05) is 0 Å². The first-order valence-electron chi connectivity index (χ1n) is 44.1. The van der Waals surface area contributed by atoms with Crippen LogP contribution in [0.25, 0.3) is 161 Å². The molecule has 22 aromatic rings. The Balaban J connectivity index is 0.000000141. The van der Waals surface area contributed by atoms with Gasteiger partial charge in [-0.1, -0.05) is 402 Å². The van der Waals surface area contributed by atoms with Crippen LogP contribution in [-0.4, -0.2) is 52.7 Å². The van der Waals surface area contributed by atoms with E-state index in [1.807, 2.05) is 24.5 Å². The highest BCUT2D eigenvalue weighted by atomic mass is 15.3. The van der Waals surface area contributed by atoms with Gasteiger partial charge in [0.2, 0.25) is 17.8 Å². The van der Waals surface area contributed by atoms with Gasteiger partial charge in [-0.25, -0.2) is 15.0 Å². The van der Waals surface area contributed by atoms with E-state index in [-0.39, 0.29) is 64.2 Å². The smallest absolute Gasteiger partial charge is 0.239 e. The molecule has 0 aliphatic carbocycles. The van der Waals surface area contributed by atoms with Gasteiger partial charge in [-0.2, -0.15) is 15.0 Å². The maximum atomic E-state index is 5.14. The van der Waals surface area contributed by atoms with Crippen molar-refractivity contribution < 1.29 is 0 Å². The maximum Gasteiger partial charge on any atom is 0.239 e. The van der Waals surface area contributed by atoms with Crippen molar-refractivity contribution in [3.8, 4) is 51.7 Å². The minimum absolute atomic E-state index is 0. The summed E-state index contributed by atoms with van der Waals surface area (Å²) in [6.07, 6.45) is 3.87. The summed E-state index contributed by atoms with van der Waals surface area (Å²) in [4.78, 5) is 29.4. The minimum atomic E-state index is -0.260. The Labute approximate surface area is 780 Å². The molecule has 666 valence electrons. The molecule has 22 rings (SSSR count). The topological polar surface area (TPSA) is 102 Å². The van der Waals surface area contributed by atoms with Gasteiger partial charge in [0.1, 0.15) is 5.82 Å². The SMILES string of the molecule is C.C.C.C.C.CC(C)(C)c1cc(-c2ccccc2)nc(-c2ccccc2)c1.CC(C)(C)c1ccc2c(c1)c1ccccc1n2-c1ccccc1.CC(C)(C)c1ccc2c3ccccc3n(-c3ccccc3)c2c1.CC(C)(C)c1cnc(-n2c3ccccc3c3ccccc32)nc1.CC(C)(C)c1nc(-n2c3ccccc3c3ccccc32)nc(-n2c3ccccc3c3ccccc32)n1. The fourth-order valence-corrected chi connectivity index (χ4v) is 17.2. The normalized spacial score (nSPS) is 11.6. The maximum absolute atomic E-state index is 5.14. The highest BCUT2D eigenvalue weighted by Gasteiger charge is 2.27. The van der Waals surface area contributed by atoms with Crippen molar-refractivity contribution in [2.45, 2.75) is 168 Å². The van der Waals surface area contributed by atoms with Crippen LogP contribution in [0.3, 0.4) is 0 Å². The molecule has 0 amide bonds.